The van der Waals surface area contributed by atoms with Crippen LogP contribution >= 0.6 is 0 Å². The van der Waals surface area contributed by atoms with E-state index < -0.39 is 5.97 Å². The minimum absolute atomic E-state index is 0.119. The number of carbonyl (C=O) groups is 1. The molecule has 0 amide bonds. The average molecular weight is 302 g/mol. The molecule has 0 fully saturated rings. The fraction of sp³-hybridized carbons (Fsp3) is 0.375. The van der Waals surface area contributed by atoms with Gasteiger partial charge in [0.15, 0.2) is 5.69 Å². The molecule has 2 aromatic rings. The van der Waals surface area contributed by atoms with Crippen molar-refractivity contribution in [2.45, 2.75) is 19.8 Å². The van der Waals surface area contributed by atoms with Crippen molar-refractivity contribution in [2.75, 3.05) is 20.3 Å². The van der Waals surface area contributed by atoms with Gasteiger partial charge in [0.05, 0.1) is 31.7 Å². The standard InChI is InChI=1S/C16H18N2O4/c1-10-9-11(3-4-14(10)21-2)18-13-6-8-22-7-5-12(13)15(17-18)16(19)20/h3-4,9H,5-8H2,1-2H3,(H,19,20). The lowest BCUT2D eigenvalue weighted by Gasteiger charge is -2.10. The van der Waals surface area contributed by atoms with Gasteiger partial charge in [0, 0.05) is 18.4 Å². The van der Waals surface area contributed by atoms with E-state index in [4.69, 9.17) is 9.47 Å². The van der Waals surface area contributed by atoms with Gasteiger partial charge in [-0.25, -0.2) is 9.48 Å². The van der Waals surface area contributed by atoms with Crippen molar-refractivity contribution in [1.29, 1.82) is 0 Å². The zero-order valence-corrected chi connectivity index (χ0v) is 12.6. The Morgan fingerprint density at radius 3 is 2.82 bits per heavy atom. The summed E-state index contributed by atoms with van der Waals surface area (Å²) in [5, 5.41) is 13.7. The lowest BCUT2D eigenvalue weighted by molar-refractivity contribution is 0.0688. The van der Waals surface area contributed by atoms with Gasteiger partial charge in [0.25, 0.3) is 0 Å². The molecule has 1 aromatic carbocycles. The summed E-state index contributed by atoms with van der Waals surface area (Å²) in [5.74, 6) is -0.203. The number of aryl methyl sites for hydroxylation is 1. The first-order chi connectivity index (χ1) is 10.6. The van der Waals surface area contributed by atoms with Crippen LogP contribution in [0.25, 0.3) is 5.69 Å². The van der Waals surface area contributed by atoms with Crippen LogP contribution in [0, 0.1) is 6.92 Å². The van der Waals surface area contributed by atoms with Gasteiger partial charge in [-0.1, -0.05) is 0 Å². The van der Waals surface area contributed by atoms with Crippen LogP contribution in [0.5, 0.6) is 5.75 Å². The summed E-state index contributed by atoms with van der Waals surface area (Å²) in [6, 6.07) is 5.70. The van der Waals surface area contributed by atoms with Crippen molar-refractivity contribution in [3.05, 3.63) is 40.7 Å². The number of fused-ring (bicyclic) bond motifs is 1. The normalized spacial score (nSPS) is 14.3. The van der Waals surface area contributed by atoms with Gasteiger partial charge in [-0.15, -0.1) is 0 Å². The Morgan fingerprint density at radius 2 is 2.14 bits per heavy atom. The third-order valence-corrected chi connectivity index (χ3v) is 3.90. The van der Waals surface area contributed by atoms with Crippen LogP contribution < -0.4 is 4.74 Å². The Kier molecular flexibility index (Phi) is 3.85. The molecule has 0 saturated heterocycles. The molecule has 6 heteroatoms. The van der Waals surface area contributed by atoms with Crippen molar-refractivity contribution < 1.29 is 19.4 Å². The number of hydrogen-bond donors (Lipinski definition) is 1. The molecule has 6 nitrogen and oxygen atoms in total. The molecular weight excluding hydrogens is 284 g/mol. The van der Waals surface area contributed by atoms with Crippen molar-refractivity contribution >= 4 is 5.97 Å². The highest BCUT2D eigenvalue weighted by molar-refractivity contribution is 5.87. The van der Waals surface area contributed by atoms with Crippen molar-refractivity contribution in [1.82, 2.24) is 9.78 Å². The molecule has 0 saturated carbocycles. The zero-order valence-electron chi connectivity index (χ0n) is 12.6. The topological polar surface area (TPSA) is 73.6 Å². The number of nitrogens with zero attached hydrogens (tertiary/aromatic N) is 2. The number of aromatic carboxylic acids is 1. The zero-order chi connectivity index (χ0) is 15.7. The van der Waals surface area contributed by atoms with E-state index >= 15 is 0 Å². The minimum Gasteiger partial charge on any atom is -0.496 e. The Morgan fingerprint density at radius 1 is 1.36 bits per heavy atom. The van der Waals surface area contributed by atoms with E-state index in [1.54, 1.807) is 11.8 Å². The maximum atomic E-state index is 11.5. The van der Waals surface area contributed by atoms with E-state index in [0.29, 0.717) is 26.1 Å². The van der Waals surface area contributed by atoms with E-state index in [-0.39, 0.29) is 5.69 Å². The number of rotatable bonds is 3. The van der Waals surface area contributed by atoms with E-state index in [1.807, 2.05) is 25.1 Å². The molecule has 116 valence electrons. The molecule has 1 N–H and O–H groups in total. The maximum absolute atomic E-state index is 11.5. The highest BCUT2D eigenvalue weighted by Crippen LogP contribution is 2.26. The molecule has 0 bridgehead atoms. The first-order valence-electron chi connectivity index (χ1n) is 7.18. The SMILES string of the molecule is COc1ccc(-n2nc(C(=O)O)c3c2CCOCC3)cc1C. The number of carboxylic acid groups (broad SMARTS) is 1. The largest absolute Gasteiger partial charge is 0.496 e. The Hall–Kier alpha value is -2.34. The number of ether oxygens (including phenoxy) is 2. The molecular formula is C16H18N2O4. The molecule has 2 heterocycles. The molecule has 0 radical (unpaired) electrons. The first-order valence-corrected chi connectivity index (χ1v) is 7.18. The predicted octanol–water partition coefficient (Wildman–Crippen LogP) is 2.00. The summed E-state index contributed by atoms with van der Waals surface area (Å²) in [4.78, 5) is 11.5. The number of methoxy groups -OCH3 is 1. The molecule has 1 aliphatic heterocycles. The number of carboxylic acids is 1. The molecule has 0 unspecified atom stereocenters. The molecule has 1 aromatic heterocycles. The van der Waals surface area contributed by atoms with Crippen LogP contribution in [0.4, 0.5) is 0 Å². The Balaban J connectivity index is 2.14. The maximum Gasteiger partial charge on any atom is 0.356 e. The second kappa shape index (κ2) is 5.81. The van der Waals surface area contributed by atoms with E-state index in [2.05, 4.69) is 5.10 Å². The van der Waals surface area contributed by atoms with Gasteiger partial charge in [-0.2, -0.15) is 5.10 Å². The molecule has 0 aliphatic carbocycles. The van der Waals surface area contributed by atoms with Crippen LogP contribution in [0.3, 0.4) is 0 Å². The van der Waals surface area contributed by atoms with Crippen molar-refractivity contribution in [2.24, 2.45) is 0 Å². The average Bonchev–Trinajstić information content (AvgIpc) is 2.69. The van der Waals surface area contributed by atoms with E-state index in [0.717, 1.165) is 28.3 Å². The van der Waals surface area contributed by atoms with Gasteiger partial charge in [-0.3, -0.25) is 0 Å². The third-order valence-electron chi connectivity index (χ3n) is 3.90. The summed E-state index contributed by atoms with van der Waals surface area (Å²) in [6.07, 6.45) is 1.23. The van der Waals surface area contributed by atoms with Gasteiger partial charge >= 0.3 is 5.97 Å². The fourth-order valence-electron chi connectivity index (χ4n) is 2.83. The number of benzene rings is 1. The second-order valence-corrected chi connectivity index (χ2v) is 5.26. The monoisotopic (exact) mass is 302 g/mol. The third kappa shape index (κ3) is 2.46. The quantitative estimate of drug-likeness (QED) is 0.938. The fourth-order valence-corrected chi connectivity index (χ4v) is 2.83. The van der Waals surface area contributed by atoms with Crippen LogP contribution in [-0.2, 0) is 17.6 Å². The summed E-state index contributed by atoms with van der Waals surface area (Å²) in [5.41, 5.74) is 3.63. The van der Waals surface area contributed by atoms with Crippen LogP contribution in [-0.4, -0.2) is 41.2 Å². The smallest absolute Gasteiger partial charge is 0.356 e. The number of aromatic nitrogens is 2. The van der Waals surface area contributed by atoms with Crippen molar-refractivity contribution in [3.8, 4) is 11.4 Å². The predicted molar refractivity (Wildman–Crippen MR) is 80.0 cm³/mol. The summed E-state index contributed by atoms with van der Waals surface area (Å²) >= 11 is 0. The van der Waals surface area contributed by atoms with Crippen LogP contribution in [0.2, 0.25) is 0 Å². The highest BCUT2D eigenvalue weighted by atomic mass is 16.5. The van der Waals surface area contributed by atoms with Gasteiger partial charge < -0.3 is 14.6 Å². The Bertz CT molecular complexity index is 721. The van der Waals surface area contributed by atoms with E-state index in [1.165, 1.54) is 0 Å². The van der Waals surface area contributed by atoms with Crippen molar-refractivity contribution in [3.63, 3.8) is 0 Å². The molecule has 22 heavy (non-hydrogen) atoms. The van der Waals surface area contributed by atoms with Gasteiger partial charge in [0.1, 0.15) is 5.75 Å². The van der Waals surface area contributed by atoms with Gasteiger partial charge in [-0.05, 0) is 30.7 Å². The lowest BCUT2D eigenvalue weighted by atomic mass is 10.1. The van der Waals surface area contributed by atoms with Crippen LogP contribution in [0.15, 0.2) is 18.2 Å². The molecule has 1 aliphatic rings. The van der Waals surface area contributed by atoms with Crippen LogP contribution in [0.1, 0.15) is 27.3 Å². The number of hydrogen-bond acceptors (Lipinski definition) is 4. The van der Waals surface area contributed by atoms with Gasteiger partial charge in [0.2, 0.25) is 0 Å². The molecule has 3 rings (SSSR count). The first kappa shape index (κ1) is 14.6. The lowest BCUT2D eigenvalue weighted by Crippen LogP contribution is -2.06. The molecule has 0 spiro atoms. The van der Waals surface area contributed by atoms with E-state index in [9.17, 15) is 9.90 Å². The summed E-state index contributed by atoms with van der Waals surface area (Å²) in [7, 11) is 1.63. The summed E-state index contributed by atoms with van der Waals surface area (Å²) in [6.45, 7) is 3.05. The highest BCUT2D eigenvalue weighted by Gasteiger charge is 2.24. The summed E-state index contributed by atoms with van der Waals surface area (Å²) < 4.78 is 12.5. The Labute approximate surface area is 128 Å². The minimum atomic E-state index is -0.998. The second-order valence-electron chi connectivity index (χ2n) is 5.26. The molecule has 0 atom stereocenters.